The zero-order valence-corrected chi connectivity index (χ0v) is 29.7. The Morgan fingerprint density at radius 3 is 2.49 bits per heavy atom. The number of hydrogen-bond acceptors (Lipinski definition) is 8. The zero-order chi connectivity index (χ0) is 33.9. The Kier molecular flexibility index (Phi) is 8.42. The number of piperidine rings is 1. The lowest BCUT2D eigenvalue weighted by molar-refractivity contribution is -0.128. The topological polar surface area (TPSA) is 122 Å². The molecule has 11 heteroatoms. The molecule has 3 fully saturated rings. The minimum Gasteiger partial charge on any atom is -0.346 e. The number of anilines is 1. The van der Waals surface area contributed by atoms with Crippen molar-refractivity contribution in [2.45, 2.75) is 58.4 Å². The van der Waals surface area contributed by atoms with Gasteiger partial charge in [0.05, 0.1) is 23.2 Å². The van der Waals surface area contributed by atoms with Gasteiger partial charge in [0.1, 0.15) is 16.1 Å². The van der Waals surface area contributed by atoms with Gasteiger partial charge in [0.25, 0.3) is 0 Å². The Hall–Kier alpha value is -3.90. The van der Waals surface area contributed by atoms with E-state index in [1.165, 1.54) is 39.8 Å². The molecule has 0 radical (unpaired) electrons. The minimum atomic E-state index is -0.523. The van der Waals surface area contributed by atoms with Crippen LogP contribution in [0.3, 0.4) is 0 Å². The molecule has 5 heterocycles. The number of nitrogens with one attached hydrogen (secondary N) is 4. The van der Waals surface area contributed by atoms with Crippen molar-refractivity contribution in [3.63, 3.8) is 0 Å². The van der Waals surface area contributed by atoms with Gasteiger partial charge in [0, 0.05) is 60.6 Å². The van der Waals surface area contributed by atoms with Crippen LogP contribution < -0.4 is 10.6 Å². The number of amides is 1. The smallest absolute Gasteiger partial charge is 0.238 e. The predicted octanol–water partition coefficient (Wildman–Crippen LogP) is 5.43. The number of ketones is 1. The van der Waals surface area contributed by atoms with Gasteiger partial charge in [-0.1, -0.05) is 22.4 Å². The largest absolute Gasteiger partial charge is 0.346 e. The van der Waals surface area contributed by atoms with Crippen LogP contribution in [0.5, 0.6) is 0 Å². The molecule has 1 amide bonds. The number of benzene rings is 2. The maximum Gasteiger partial charge on any atom is 0.238 e. The summed E-state index contributed by atoms with van der Waals surface area (Å²) in [6.07, 6.45) is 3.20. The van der Waals surface area contributed by atoms with Crippen molar-refractivity contribution in [3.05, 3.63) is 64.0 Å². The van der Waals surface area contributed by atoms with Crippen LogP contribution in [0.2, 0.25) is 0 Å². The van der Waals surface area contributed by atoms with Crippen LogP contribution in [-0.4, -0.2) is 93.7 Å². The number of fused-ring (bicyclic) bond motifs is 4. The summed E-state index contributed by atoms with van der Waals surface area (Å²) in [5, 5.41) is 18.6. The number of hydrogen-bond donors (Lipinski definition) is 4. The molecule has 2 aromatic carbocycles. The average molecular weight is 679 g/mol. The molecule has 2 saturated heterocycles. The number of aryl methyl sites for hydroxylation is 2. The van der Waals surface area contributed by atoms with Crippen molar-refractivity contribution in [2.24, 2.45) is 11.8 Å². The van der Waals surface area contributed by atoms with Crippen molar-refractivity contribution in [1.29, 1.82) is 0 Å². The van der Waals surface area contributed by atoms with E-state index in [1.807, 2.05) is 18.2 Å². The van der Waals surface area contributed by atoms with E-state index < -0.39 is 5.41 Å². The molecule has 3 aromatic heterocycles. The molecule has 2 bridgehead atoms. The first-order valence-electron chi connectivity index (χ1n) is 17.7. The fourth-order valence-corrected chi connectivity index (χ4v) is 9.70. The van der Waals surface area contributed by atoms with Gasteiger partial charge in [-0.2, -0.15) is 0 Å². The number of aromatic amines is 2. The van der Waals surface area contributed by atoms with Gasteiger partial charge in [-0.05, 0) is 107 Å². The molecule has 4 N–H and O–H groups in total. The number of carbonyl (C=O) groups excluding carboxylic acids is 2. The van der Waals surface area contributed by atoms with Gasteiger partial charge >= 0.3 is 0 Å². The van der Waals surface area contributed by atoms with Crippen LogP contribution in [0.1, 0.15) is 48.3 Å². The van der Waals surface area contributed by atoms with Gasteiger partial charge in [-0.15, -0.1) is 16.4 Å². The fraction of sp³-hybridized carbons (Fsp3) is 0.474. The summed E-state index contributed by atoms with van der Waals surface area (Å²) >= 11 is 1.76. The first-order valence-corrected chi connectivity index (χ1v) is 18.5. The second-order valence-electron chi connectivity index (χ2n) is 15.0. The Morgan fingerprint density at radius 1 is 1.00 bits per heavy atom. The number of nitrogens with zero attached hydrogens (tertiary/aromatic N) is 4. The first kappa shape index (κ1) is 32.3. The summed E-state index contributed by atoms with van der Waals surface area (Å²) in [4.78, 5) is 37.8. The molecule has 1 saturated carbocycles. The van der Waals surface area contributed by atoms with Crippen LogP contribution in [0.15, 0.2) is 42.5 Å². The second-order valence-corrected chi connectivity index (χ2v) is 16.1. The van der Waals surface area contributed by atoms with Crippen LogP contribution in [0.25, 0.3) is 32.5 Å². The highest BCUT2D eigenvalue weighted by Crippen LogP contribution is 2.45. The third kappa shape index (κ3) is 6.22. The number of H-pyrrole nitrogens is 2. The highest BCUT2D eigenvalue weighted by Gasteiger charge is 2.50. The molecule has 8 rings (SSSR count). The predicted molar refractivity (Wildman–Crippen MR) is 196 cm³/mol. The molecule has 3 aliphatic rings. The van der Waals surface area contributed by atoms with E-state index in [0.29, 0.717) is 24.3 Å². The molecular formula is C38H46N8O2S. The lowest BCUT2D eigenvalue weighted by Gasteiger charge is -2.34. The maximum atomic E-state index is 14.0. The monoisotopic (exact) mass is 678 g/mol. The lowest BCUT2D eigenvalue weighted by atomic mass is 9.76. The van der Waals surface area contributed by atoms with E-state index in [4.69, 9.17) is 0 Å². The SMILES string of the molecule is Cc1cc(C)cc(-c2[nH]c3sc(C(C)(C)C(=O)C4C5CCC4NC5)cc3c2CCN2CCN(CC(=O)Nc3ccc4[nH]nnc4c3)CC2)c1. The molecule has 3 unspecified atom stereocenters. The molecule has 49 heavy (non-hydrogen) atoms. The van der Waals surface area contributed by atoms with Crippen molar-refractivity contribution in [1.82, 2.24) is 35.5 Å². The summed E-state index contributed by atoms with van der Waals surface area (Å²) in [6, 6.07) is 15.0. The molecule has 0 spiro atoms. The minimum absolute atomic E-state index is 0.0180. The van der Waals surface area contributed by atoms with E-state index in [0.717, 1.165) is 78.5 Å². The summed E-state index contributed by atoms with van der Waals surface area (Å²) in [5.41, 5.74) is 8.04. The number of aromatic nitrogens is 4. The van der Waals surface area contributed by atoms with Crippen molar-refractivity contribution < 1.29 is 9.59 Å². The first-order chi connectivity index (χ1) is 23.6. The number of Topliss-reactive ketones (excluding diaryl/α,β-unsaturated/α-hetero) is 1. The molecule has 2 aliphatic heterocycles. The number of thiophene rings is 1. The molecule has 5 aromatic rings. The Labute approximate surface area is 291 Å². The number of piperazine rings is 1. The highest BCUT2D eigenvalue weighted by atomic mass is 32.1. The van der Waals surface area contributed by atoms with Crippen LogP contribution in [0, 0.1) is 25.7 Å². The molecule has 3 atom stereocenters. The van der Waals surface area contributed by atoms with E-state index in [-0.39, 0.29) is 11.8 Å². The third-order valence-corrected chi connectivity index (χ3v) is 12.6. The van der Waals surface area contributed by atoms with E-state index >= 15 is 0 Å². The van der Waals surface area contributed by atoms with Gasteiger partial charge in [-0.3, -0.25) is 19.6 Å². The Morgan fingerprint density at radius 2 is 1.78 bits per heavy atom. The van der Waals surface area contributed by atoms with E-state index in [2.05, 4.69) is 92.8 Å². The number of rotatable bonds is 10. The fourth-order valence-electron chi connectivity index (χ4n) is 8.51. The normalized spacial score (nSPS) is 21.7. The van der Waals surface area contributed by atoms with Crippen molar-refractivity contribution >= 4 is 50.0 Å². The highest BCUT2D eigenvalue weighted by molar-refractivity contribution is 7.19. The van der Waals surface area contributed by atoms with Gasteiger partial charge in [-0.25, -0.2) is 0 Å². The maximum absolute atomic E-state index is 14.0. The average Bonchev–Trinajstić information content (AvgIpc) is 3.91. The molecule has 1 aliphatic carbocycles. The van der Waals surface area contributed by atoms with Crippen LogP contribution in [-0.2, 0) is 21.4 Å². The summed E-state index contributed by atoms with van der Waals surface area (Å²) in [5.74, 6) is 0.996. The van der Waals surface area contributed by atoms with Crippen LogP contribution in [0.4, 0.5) is 5.69 Å². The van der Waals surface area contributed by atoms with Gasteiger partial charge < -0.3 is 20.5 Å². The molecule has 256 valence electrons. The van der Waals surface area contributed by atoms with Gasteiger partial charge in [0.2, 0.25) is 5.91 Å². The lowest BCUT2D eigenvalue weighted by Crippen LogP contribution is -2.49. The van der Waals surface area contributed by atoms with E-state index in [9.17, 15) is 9.59 Å². The quantitative estimate of drug-likeness (QED) is 0.156. The Balaban J connectivity index is 0.963. The number of carbonyl (C=O) groups is 2. The zero-order valence-electron chi connectivity index (χ0n) is 28.9. The third-order valence-electron chi connectivity index (χ3n) is 11.2. The van der Waals surface area contributed by atoms with E-state index in [1.54, 1.807) is 11.3 Å². The summed E-state index contributed by atoms with van der Waals surface area (Å²) < 4.78 is 0. The summed E-state index contributed by atoms with van der Waals surface area (Å²) in [7, 11) is 0. The standard InChI is InChI=1S/C38H46N8O2S/c1-22-15-23(2)17-25(16-22)35-27(28-19-32(49-37(28)41-35)38(3,4)36(48)34-24-5-7-30(34)39-20-24)9-10-45-11-13-46(14-12-45)21-33(47)40-26-6-8-29-31(18-26)43-44-42-29/h6,8,15-19,24,30,34,39,41H,5,7,9-14,20-21H2,1-4H3,(H,40,47)(H,42,43,44). The molecular weight excluding hydrogens is 633 g/mol. The van der Waals surface area contributed by atoms with Gasteiger partial charge in [0.15, 0.2) is 0 Å². The van der Waals surface area contributed by atoms with Crippen molar-refractivity contribution in [2.75, 3.05) is 51.1 Å². The second kappa shape index (κ2) is 12.8. The summed E-state index contributed by atoms with van der Waals surface area (Å²) in [6.45, 7) is 14.4. The molecule has 10 nitrogen and oxygen atoms in total. The van der Waals surface area contributed by atoms with Crippen molar-refractivity contribution in [3.8, 4) is 11.3 Å². The Bertz CT molecular complexity index is 1990. The van der Waals surface area contributed by atoms with Crippen LogP contribution >= 0.6 is 11.3 Å².